The summed E-state index contributed by atoms with van der Waals surface area (Å²) in [6.07, 6.45) is -0.639. The number of carbonyl (C=O) groups excluding carboxylic acids is 2. The van der Waals surface area contributed by atoms with Gasteiger partial charge in [0.1, 0.15) is 25.9 Å². The topological polar surface area (TPSA) is 64.6 Å². The van der Waals surface area contributed by atoms with Crippen molar-refractivity contribution in [2.24, 2.45) is 0 Å². The molecule has 6 heteroatoms. The fourth-order valence-corrected chi connectivity index (χ4v) is 3.23. The van der Waals surface area contributed by atoms with Gasteiger partial charge in [0.15, 0.2) is 0 Å². The molecule has 0 radical (unpaired) electrons. The fraction of sp³-hybridized carbons (Fsp3) is 0.765. The highest BCUT2D eigenvalue weighted by Crippen LogP contribution is 2.39. The first-order chi connectivity index (χ1) is 10.2. The van der Waals surface area contributed by atoms with Crippen molar-refractivity contribution in [3.05, 3.63) is 0 Å². The maximum absolute atomic E-state index is 12.0. The Morgan fingerprint density at radius 3 is 2.04 bits per heavy atom. The van der Waals surface area contributed by atoms with Gasteiger partial charge in [-0.3, -0.25) is 4.79 Å². The molecule has 0 saturated heterocycles. The first kappa shape index (κ1) is 21.5. The van der Waals surface area contributed by atoms with E-state index in [-0.39, 0.29) is 11.6 Å². The quantitative estimate of drug-likeness (QED) is 0.483. The van der Waals surface area contributed by atoms with Crippen molar-refractivity contribution in [2.45, 2.75) is 77.9 Å². The SMILES string of the molecule is CC#C[C@@H](OC(=O)CNC(=O)OC(C)(C)C)[Si](C)(C)C(C)(C)C. The number of rotatable bonds is 4. The summed E-state index contributed by atoms with van der Waals surface area (Å²) in [5.41, 5.74) is -1.02. The van der Waals surface area contributed by atoms with E-state index in [1.807, 2.05) is 0 Å². The third-order valence-corrected chi connectivity index (χ3v) is 9.33. The second-order valence-corrected chi connectivity index (χ2v) is 13.6. The smallest absolute Gasteiger partial charge is 0.408 e. The maximum atomic E-state index is 12.0. The molecule has 23 heavy (non-hydrogen) atoms. The van der Waals surface area contributed by atoms with Crippen molar-refractivity contribution in [3.63, 3.8) is 0 Å². The van der Waals surface area contributed by atoms with E-state index in [1.54, 1.807) is 27.7 Å². The molecule has 0 rings (SSSR count). The molecular weight excluding hydrogens is 310 g/mol. The molecule has 0 aromatic rings. The van der Waals surface area contributed by atoms with Gasteiger partial charge in [-0.2, -0.15) is 0 Å². The number of alkyl carbamates (subject to hydrolysis) is 1. The molecule has 132 valence electrons. The average molecular weight is 342 g/mol. The molecule has 0 heterocycles. The van der Waals surface area contributed by atoms with Crippen molar-refractivity contribution in [2.75, 3.05) is 6.54 Å². The van der Waals surface area contributed by atoms with Gasteiger partial charge in [0, 0.05) is 0 Å². The molecule has 0 aromatic heterocycles. The van der Waals surface area contributed by atoms with E-state index < -0.39 is 31.5 Å². The highest BCUT2D eigenvalue weighted by atomic mass is 28.3. The number of carbonyl (C=O) groups is 2. The molecule has 0 aliphatic heterocycles. The Hall–Kier alpha value is -1.48. The molecule has 1 amide bonds. The van der Waals surface area contributed by atoms with E-state index in [4.69, 9.17) is 9.47 Å². The van der Waals surface area contributed by atoms with Gasteiger partial charge >= 0.3 is 12.1 Å². The molecule has 0 spiro atoms. The van der Waals surface area contributed by atoms with Gasteiger partial charge in [-0.15, -0.1) is 5.92 Å². The van der Waals surface area contributed by atoms with Crippen LogP contribution in [0.4, 0.5) is 4.79 Å². The second kappa shape index (κ2) is 7.87. The van der Waals surface area contributed by atoms with E-state index in [9.17, 15) is 9.59 Å². The summed E-state index contributed by atoms with van der Waals surface area (Å²) in [4.78, 5) is 23.6. The highest BCUT2D eigenvalue weighted by Gasteiger charge is 2.44. The van der Waals surface area contributed by atoms with Crippen LogP contribution in [-0.4, -0.2) is 38.0 Å². The lowest BCUT2D eigenvalue weighted by Gasteiger charge is -2.39. The number of esters is 1. The van der Waals surface area contributed by atoms with Crippen LogP contribution in [0.3, 0.4) is 0 Å². The molecule has 0 bridgehead atoms. The van der Waals surface area contributed by atoms with E-state index in [0.29, 0.717) is 0 Å². The van der Waals surface area contributed by atoms with Crippen LogP contribution in [0, 0.1) is 11.8 Å². The minimum atomic E-state index is -1.97. The molecule has 5 nitrogen and oxygen atoms in total. The zero-order chi connectivity index (χ0) is 18.5. The first-order valence-electron chi connectivity index (χ1n) is 7.79. The van der Waals surface area contributed by atoms with Crippen molar-refractivity contribution in [1.29, 1.82) is 0 Å². The first-order valence-corrected chi connectivity index (χ1v) is 10.9. The summed E-state index contributed by atoms with van der Waals surface area (Å²) in [5.74, 6) is 5.35. The normalized spacial score (nSPS) is 13.4. The van der Waals surface area contributed by atoms with Crippen LogP contribution < -0.4 is 5.32 Å². The van der Waals surface area contributed by atoms with Gasteiger partial charge in [-0.25, -0.2) is 4.79 Å². The number of amides is 1. The second-order valence-electron chi connectivity index (χ2n) is 8.09. The summed E-state index contributed by atoms with van der Waals surface area (Å²) in [7, 11) is -1.97. The van der Waals surface area contributed by atoms with Crippen LogP contribution in [0.1, 0.15) is 48.5 Å². The molecule has 0 aliphatic carbocycles. The summed E-state index contributed by atoms with van der Waals surface area (Å²) >= 11 is 0. The van der Waals surface area contributed by atoms with Crippen LogP contribution in [0.25, 0.3) is 0 Å². The standard InChI is InChI=1S/C17H31NO4Si/c1-10-11-14(23(8,9)17(5,6)7)21-13(19)12-18-15(20)22-16(2,3)4/h14H,12H2,1-9H3,(H,18,20)/t14-/m0/s1. The summed E-state index contributed by atoms with van der Waals surface area (Å²) < 4.78 is 10.6. The number of hydrogen-bond donors (Lipinski definition) is 1. The molecular formula is C17H31NO4Si. The molecule has 1 atom stereocenters. The monoisotopic (exact) mass is 341 g/mol. The van der Waals surface area contributed by atoms with Crippen molar-refractivity contribution >= 4 is 20.1 Å². The lowest BCUT2D eigenvalue weighted by molar-refractivity contribution is -0.143. The van der Waals surface area contributed by atoms with Gasteiger partial charge < -0.3 is 14.8 Å². The van der Waals surface area contributed by atoms with Crippen LogP contribution in [0.2, 0.25) is 18.1 Å². The lowest BCUT2D eigenvalue weighted by atomic mass is 10.2. The van der Waals surface area contributed by atoms with Gasteiger partial charge in [-0.1, -0.05) is 39.8 Å². The largest absolute Gasteiger partial charge is 0.452 e. The number of nitrogens with one attached hydrogen (secondary N) is 1. The fourth-order valence-electron chi connectivity index (χ4n) is 1.51. The lowest BCUT2D eigenvalue weighted by Crippen LogP contribution is -2.51. The maximum Gasteiger partial charge on any atom is 0.408 e. The summed E-state index contributed by atoms with van der Waals surface area (Å²) in [6, 6.07) is 0. The third kappa shape index (κ3) is 7.55. The Balaban J connectivity index is 4.77. The molecule has 1 N–H and O–H groups in total. The Kier molecular flexibility index (Phi) is 7.36. The Bertz CT molecular complexity index is 489. The van der Waals surface area contributed by atoms with Crippen LogP contribution in [0.15, 0.2) is 0 Å². The molecule has 0 aliphatic rings. The van der Waals surface area contributed by atoms with E-state index >= 15 is 0 Å². The van der Waals surface area contributed by atoms with Gasteiger partial charge in [0.2, 0.25) is 0 Å². The van der Waals surface area contributed by atoms with Gasteiger partial charge in [-0.05, 0) is 32.7 Å². The predicted molar refractivity (Wildman–Crippen MR) is 94.8 cm³/mol. The minimum absolute atomic E-state index is 0.0282. The average Bonchev–Trinajstić information content (AvgIpc) is 2.32. The summed E-state index contributed by atoms with van der Waals surface area (Å²) in [5, 5.41) is 2.44. The van der Waals surface area contributed by atoms with Crippen LogP contribution >= 0.6 is 0 Å². The van der Waals surface area contributed by atoms with E-state index in [1.165, 1.54) is 0 Å². The molecule has 0 saturated carbocycles. The van der Waals surface area contributed by atoms with Crippen molar-refractivity contribution < 1.29 is 19.1 Å². The minimum Gasteiger partial charge on any atom is -0.452 e. The Morgan fingerprint density at radius 2 is 1.65 bits per heavy atom. The predicted octanol–water partition coefficient (Wildman–Crippen LogP) is 3.49. The Morgan fingerprint density at radius 1 is 1.13 bits per heavy atom. The molecule has 0 fully saturated rings. The Labute approximate surface area is 141 Å². The zero-order valence-corrected chi connectivity index (χ0v) is 16.9. The molecule has 0 aromatic carbocycles. The van der Waals surface area contributed by atoms with Crippen LogP contribution in [-0.2, 0) is 14.3 Å². The van der Waals surface area contributed by atoms with Crippen molar-refractivity contribution in [3.8, 4) is 11.8 Å². The van der Waals surface area contributed by atoms with Gasteiger partial charge in [0.25, 0.3) is 0 Å². The van der Waals surface area contributed by atoms with E-state index in [2.05, 4.69) is 51.0 Å². The third-order valence-electron chi connectivity index (χ3n) is 3.89. The number of hydrogen-bond acceptors (Lipinski definition) is 4. The zero-order valence-electron chi connectivity index (χ0n) is 15.9. The van der Waals surface area contributed by atoms with Crippen LogP contribution in [0.5, 0.6) is 0 Å². The number of ether oxygens (including phenoxy) is 2. The highest BCUT2D eigenvalue weighted by molar-refractivity contribution is 6.82. The van der Waals surface area contributed by atoms with Crippen molar-refractivity contribution in [1.82, 2.24) is 5.32 Å². The molecule has 0 unspecified atom stereocenters. The summed E-state index contributed by atoms with van der Waals surface area (Å²) in [6.45, 7) is 17.5. The van der Waals surface area contributed by atoms with E-state index in [0.717, 1.165) is 0 Å². The van der Waals surface area contributed by atoms with Gasteiger partial charge in [0.05, 0.1) is 0 Å².